The van der Waals surface area contributed by atoms with Crippen LogP contribution in [0.4, 0.5) is 0 Å². The van der Waals surface area contributed by atoms with Crippen molar-refractivity contribution in [2.45, 2.75) is 43.4 Å². The van der Waals surface area contributed by atoms with Gasteiger partial charge in [-0.15, -0.1) is 11.8 Å². The van der Waals surface area contributed by atoms with Crippen LogP contribution in [0.15, 0.2) is 39.8 Å². The molecule has 0 aliphatic rings. The zero-order valence-corrected chi connectivity index (χ0v) is 12.8. The molecule has 1 aromatic heterocycles. The molecular formula is C15H21N3OS. The van der Waals surface area contributed by atoms with Gasteiger partial charge in [0, 0.05) is 17.4 Å². The molecule has 1 aromatic carbocycles. The van der Waals surface area contributed by atoms with Crippen LogP contribution in [0.5, 0.6) is 0 Å². The summed E-state index contributed by atoms with van der Waals surface area (Å²) in [5.74, 6) is 2.67. The first kappa shape index (κ1) is 15.1. The monoisotopic (exact) mass is 291 g/mol. The van der Waals surface area contributed by atoms with E-state index in [1.165, 1.54) is 4.90 Å². The van der Waals surface area contributed by atoms with E-state index in [2.05, 4.69) is 36.1 Å². The summed E-state index contributed by atoms with van der Waals surface area (Å²) in [6.07, 6.45) is 1.62. The Hall–Kier alpha value is -1.33. The van der Waals surface area contributed by atoms with Crippen molar-refractivity contribution in [3.8, 4) is 0 Å². The van der Waals surface area contributed by atoms with Gasteiger partial charge in [0.1, 0.15) is 0 Å². The summed E-state index contributed by atoms with van der Waals surface area (Å²) in [6, 6.07) is 10.3. The molecule has 2 aromatic rings. The molecule has 0 saturated carbocycles. The summed E-state index contributed by atoms with van der Waals surface area (Å²) >= 11 is 1.70. The van der Waals surface area contributed by atoms with Crippen molar-refractivity contribution in [1.29, 1.82) is 0 Å². The maximum absolute atomic E-state index is 6.05. The van der Waals surface area contributed by atoms with E-state index in [9.17, 15) is 0 Å². The van der Waals surface area contributed by atoms with Gasteiger partial charge in [0.05, 0.1) is 5.75 Å². The third kappa shape index (κ3) is 4.98. The highest BCUT2D eigenvalue weighted by molar-refractivity contribution is 7.98. The Morgan fingerprint density at radius 2 is 2.00 bits per heavy atom. The van der Waals surface area contributed by atoms with Crippen LogP contribution in [-0.4, -0.2) is 16.2 Å². The molecule has 0 aliphatic heterocycles. The van der Waals surface area contributed by atoms with Crippen LogP contribution < -0.4 is 5.73 Å². The number of aromatic nitrogens is 2. The minimum absolute atomic E-state index is 0.0880. The Kier molecular flexibility index (Phi) is 5.61. The molecule has 0 saturated heterocycles. The molecular weight excluding hydrogens is 270 g/mol. The van der Waals surface area contributed by atoms with E-state index >= 15 is 0 Å². The SMILES string of the molecule is CC(C)CC(N)Cc1nc(CSc2ccccc2)no1. The predicted molar refractivity (Wildman–Crippen MR) is 81.4 cm³/mol. The maximum Gasteiger partial charge on any atom is 0.228 e. The summed E-state index contributed by atoms with van der Waals surface area (Å²) in [7, 11) is 0. The van der Waals surface area contributed by atoms with Gasteiger partial charge < -0.3 is 10.3 Å². The van der Waals surface area contributed by atoms with Gasteiger partial charge in [-0.05, 0) is 24.5 Å². The highest BCUT2D eigenvalue weighted by Gasteiger charge is 2.12. The van der Waals surface area contributed by atoms with Gasteiger partial charge in [-0.3, -0.25) is 0 Å². The van der Waals surface area contributed by atoms with Crippen molar-refractivity contribution in [3.63, 3.8) is 0 Å². The number of nitrogens with zero attached hydrogens (tertiary/aromatic N) is 2. The molecule has 1 atom stereocenters. The topological polar surface area (TPSA) is 64.9 Å². The summed E-state index contributed by atoms with van der Waals surface area (Å²) < 4.78 is 5.25. The fourth-order valence-electron chi connectivity index (χ4n) is 2.01. The van der Waals surface area contributed by atoms with E-state index in [1.54, 1.807) is 11.8 Å². The average Bonchev–Trinajstić information content (AvgIpc) is 2.84. The largest absolute Gasteiger partial charge is 0.339 e. The molecule has 0 bridgehead atoms. The van der Waals surface area contributed by atoms with Crippen LogP contribution in [0.2, 0.25) is 0 Å². The molecule has 2 rings (SSSR count). The Morgan fingerprint density at radius 3 is 2.70 bits per heavy atom. The molecule has 0 amide bonds. The maximum atomic E-state index is 6.05. The molecule has 0 aliphatic carbocycles. The predicted octanol–water partition coefficient (Wildman–Crippen LogP) is 3.28. The average molecular weight is 291 g/mol. The quantitative estimate of drug-likeness (QED) is 0.793. The highest BCUT2D eigenvalue weighted by Crippen LogP contribution is 2.21. The lowest BCUT2D eigenvalue weighted by molar-refractivity contribution is 0.356. The second-order valence-electron chi connectivity index (χ2n) is 5.30. The third-order valence-electron chi connectivity index (χ3n) is 2.83. The molecule has 2 N–H and O–H groups in total. The van der Waals surface area contributed by atoms with Gasteiger partial charge in [-0.25, -0.2) is 0 Å². The fourth-order valence-corrected chi connectivity index (χ4v) is 2.77. The van der Waals surface area contributed by atoms with E-state index in [-0.39, 0.29) is 6.04 Å². The minimum Gasteiger partial charge on any atom is -0.339 e. The number of thioether (sulfide) groups is 1. The molecule has 4 nitrogen and oxygen atoms in total. The van der Waals surface area contributed by atoms with Gasteiger partial charge >= 0.3 is 0 Å². The standard InChI is InChI=1S/C15H21N3OS/c1-11(2)8-12(16)9-15-17-14(18-19-15)10-20-13-6-4-3-5-7-13/h3-7,11-12H,8-10,16H2,1-2H3. The lowest BCUT2D eigenvalue weighted by Gasteiger charge is -2.10. The smallest absolute Gasteiger partial charge is 0.228 e. The van der Waals surface area contributed by atoms with Crippen LogP contribution in [0.1, 0.15) is 32.0 Å². The van der Waals surface area contributed by atoms with Gasteiger partial charge in [-0.2, -0.15) is 4.98 Å². The molecule has 0 radical (unpaired) electrons. The lowest BCUT2D eigenvalue weighted by atomic mass is 10.0. The van der Waals surface area contributed by atoms with Gasteiger partial charge in [0.15, 0.2) is 5.82 Å². The van der Waals surface area contributed by atoms with Crippen molar-refractivity contribution in [1.82, 2.24) is 10.1 Å². The zero-order chi connectivity index (χ0) is 14.4. The number of hydrogen-bond acceptors (Lipinski definition) is 5. The van der Waals surface area contributed by atoms with E-state index in [1.807, 2.05) is 18.2 Å². The van der Waals surface area contributed by atoms with Crippen molar-refractivity contribution in [2.75, 3.05) is 0 Å². The van der Waals surface area contributed by atoms with E-state index < -0.39 is 0 Å². The summed E-state index contributed by atoms with van der Waals surface area (Å²) in [6.45, 7) is 4.32. The number of rotatable bonds is 7. The van der Waals surface area contributed by atoms with Crippen molar-refractivity contribution >= 4 is 11.8 Å². The first-order chi connectivity index (χ1) is 9.63. The Bertz CT molecular complexity index is 513. The Morgan fingerprint density at radius 1 is 1.25 bits per heavy atom. The molecule has 0 fully saturated rings. The van der Waals surface area contributed by atoms with Gasteiger partial charge in [0.25, 0.3) is 0 Å². The molecule has 1 heterocycles. The van der Waals surface area contributed by atoms with Crippen molar-refractivity contribution in [2.24, 2.45) is 11.7 Å². The van der Waals surface area contributed by atoms with E-state index in [0.717, 1.165) is 12.2 Å². The Labute approximate surface area is 124 Å². The minimum atomic E-state index is 0.0880. The molecule has 1 unspecified atom stereocenters. The summed E-state index contributed by atoms with van der Waals surface area (Å²) in [4.78, 5) is 5.60. The van der Waals surface area contributed by atoms with E-state index in [0.29, 0.717) is 24.0 Å². The molecule has 108 valence electrons. The van der Waals surface area contributed by atoms with Gasteiger partial charge in [-0.1, -0.05) is 37.2 Å². The van der Waals surface area contributed by atoms with Crippen LogP contribution >= 0.6 is 11.8 Å². The van der Waals surface area contributed by atoms with Crippen molar-refractivity contribution < 1.29 is 4.52 Å². The third-order valence-corrected chi connectivity index (χ3v) is 3.84. The summed E-state index contributed by atoms with van der Waals surface area (Å²) in [5.41, 5.74) is 6.05. The number of hydrogen-bond donors (Lipinski definition) is 1. The Balaban J connectivity index is 1.83. The molecule has 20 heavy (non-hydrogen) atoms. The van der Waals surface area contributed by atoms with E-state index in [4.69, 9.17) is 10.3 Å². The van der Waals surface area contributed by atoms with Crippen LogP contribution in [0.3, 0.4) is 0 Å². The van der Waals surface area contributed by atoms with Gasteiger partial charge in [0.2, 0.25) is 5.89 Å². The summed E-state index contributed by atoms with van der Waals surface area (Å²) in [5, 5.41) is 4.00. The normalized spacial score (nSPS) is 12.8. The lowest BCUT2D eigenvalue weighted by Crippen LogP contribution is -2.24. The zero-order valence-electron chi connectivity index (χ0n) is 12.0. The second-order valence-corrected chi connectivity index (χ2v) is 6.35. The van der Waals surface area contributed by atoms with Crippen LogP contribution in [-0.2, 0) is 12.2 Å². The first-order valence-corrected chi connectivity index (χ1v) is 7.87. The van der Waals surface area contributed by atoms with Crippen molar-refractivity contribution in [3.05, 3.63) is 42.0 Å². The van der Waals surface area contributed by atoms with Crippen LogP contribution in [0, 0.1) is 5.92 Å². The number of nitrogens with two attached hydrogens (primary N) is 1. The fraction of sp³-hybridized carbons (Fsp3) is 0.467. The second kappa shape index (κ2) is 7.45. The molecule has 5 heteroatoms. The number of benzene rings is 1. The highest BCUT2D eigenvalue weighted by atomic mass is 32.2. The van der Waals surface area contributed by atoms with Crippen LogP contribution in [0.25, 0.3) is 0 Å². The molecule has 0 spiro atoms. The first-order valence-electron chi connectivity index (χ1n) is 6.88.